The van der Waals surface area contributed by atoms with E-state index >= 15 is 0 Å². The Hall–Kier alpha value is -3.13. The molecule has 1 aromatic carbocycles. The van der Waals surface area contributed by atoms with Crippen LogP contribution in [0, 0.1) is 18.8 Å². The molecular weight excluding hydrogens is 374 g/mol. The molecule has 4 atom stereocenters. The largest absolute Gasteiger partial charge is 0.496 e. The van der Waals surface area contributed by atoms with Crippen molar-refractivity contribution in [3.05, 3.63) is 53.8 Å². The van der Waals surface area contributed by atoms with Crippen LogP contribution in [0.25, 0.3) is 0 Å². The molecular formula is C21H21N3O5. The van der Waals surface area contributed by atoms with Crippen LogP contribution in [0.1, 0.15) is 11.3 Å². The summed E-state index contributed by atoms with van der Waals surface area (Å²) in [5.41, 5.74) is 0.0799. The molecule has 3 aliphatic heterocycles. The summed E-state index contributed by atoms with van der Waals surface area (Å²) in [7, 11) is 1.59. The zero-order valence-electron chi connectivity index (χ0n) is 16.1. The molecule has 3 aliphatic rings. The first-order chi connectivity index (χ1) is 14.0. The number of aryl methyl sites for hydroxylation is 1. The van der Waals surface area contributed by atoms with E-state index in [4.69, 9.17) is 14.0 Å². The molecule has 2 bridgehead atoms. The molecule has 2 fully saturated rings. The number of carbonyl (C=O) groups is 2. The molecule has 5 rings (SSSR count). The molecule has 2 amide bonds. The summed E-state index contributed by atoms with van der Waals surface area (Å²) in [4.78, 5) is 27.8. The van der Waals surface area contributed by atoms with E-state index in [1.165, 1.54) is 0 Å². The zero-order valence-corrected chi connectivity index (χ0v) is 16.1. The third-order valence-corrected chi connectivity index (χ3v) is 5.94. The van der Waals surface area contributed by atoms with E-state index in [1.807, 2.05) is 36.4 Å². The fourth-order valence-corrected chi connectivity index (χ4v) is 4.62. The molecule has 2 aromatic rings. The molecule has 1 N–H and O–H groups in total. The maximum Gasteiger partial charge on any atom is 0.235 e. The van der Waals surface area contributed by atoms with Crippen LogP contribution in [0.5, 0.6) is 5.75 Å². The number of aromatic nitrogens is 1. The van der Waals surface area contributed by atoms with E-state index in [0.717, 1.165) is 5.56 Å². The molecule has 2 saturated heterocycles. The number of nitrogens with zero attached hydrogens (tertiary/aromatic N) is 2. The first-order valence-electron chi connectivity index (χ1n) is 9.54. The lowest BCUT2D eigenvalue weighted by Gasteiger charge is -2.23. The van der Waals surface area contributed by atoms with Crippen molar-refractivity contribution in [2.45, 2.75) is 25.2 Å². The number of methoxy groups -OCH3 is 1. The first-order valence-corrected chi connectivity index (χ1v) is 9.54. The summed E-state index contributed by atoms with van der Waals surface area (Å²) < 4.78 is 16.6. The van der Waals surface area contributed by atoms with Crippen LogP contribution in [-0.4, -0.2) is 42.3 Å². The second-order valence-electron chi connectivity index (χ2n) is 7.65. The van der Waals surface area contributed by atoms with Crippen molar-refractivity contribution in [2.24, 2.45) is 11.8 Å². The number of rotatable bonds is 5. The zero-order chi connectivity index (χ0) is 20.2. The molecule has 0 aliphatic carbocycles. The number of carbonyl (C=O) groups excluding carboxylic acids is 2. The van der Waals surface area contributed by atoms with Crippen LogP contribution in [-0.2, 0) is 20.9 Å². The summed E-state index contributed by atoms with van der Waals surface area (Å²) in [5.74, 6) is 0.246. The van der Waals surface area contributed by atoms with Gasteiger partial charge in [0.2, 0.25) is 11.8 Å². The van der Waals surface area contributed by atoms with Crippen molar-refractivity contribution >= 4 is 17.6 Å². The monoisotopic (exact) mass is 395 g/mol. The number of hydrogen-bond acceptors (Lipinski definition) is 6. The van der Waals surface area contributed by atoms with Crippen molar-refractivity contribution in [1.29, 1.82) is 0 Å². The van der Waals surface area contributed by atoms with Gasteiger partial charge in [0.05, 0.1) is 31.6 Å². The van der Waals surface area contributed by atoms with Gasteiger partial charge in [-0.1, -0.05) is 35.5 Å². The number of ether oxygens (including phenoxy) is 2. The van der Waals surface area contributed by atoms with E-state index < -0.39 is 23.5 Å². The minimum Gasteiger partial charge on any atom is -0.496 e. The van der Waals surface area contributed by atoms with Crippen LogP contribution in [0.15, 0.2) is 47.0 Å². The smallest absolute Gasteiger partial charge is 0.235 e. The van der Waals surface area contributed by atoms with Crippen molar-refractivity contribution in [1.82, 2.24) is 10.5 Å². The van der Waals surface area contributed by atoms with Crippen molar-refractivity contribution in [2.75, 3.05) is 18.6 Å². The first kappa shape index (κ1) is 17.9. The number of anilines is 1. The summed E-state index contributed by atoms with van der Waals surface area (Å²) in [5, 5.41) is 6.91. The Morgan fingerprint density at radius 2 is 2.24 bits per heavy atom. The fraction of sp³-hybridized carbons (Fsp3) is 0.381. The topological polar surface area (TPSA) is 93.9 Å². The Morgan fingerprint density at radius 1 is 1.41 bits per heavy atom. The second kappa shape index (κ2) is 6.45. The summed E-state index contributed by atoms with van der Waals surface area (Å²) in [6, 6.07) is 9.22. The van der Waals surface area contributed by atoms with E-state index in [0.29, 0.717) is 30.4 Å². The summed E-state index contributed by atoms with van der Waals surface area (Å²) in [6.07, 6.45) is 3.40. The highest BCUT2D eigenvalue weighted by Gasteiger charge is 2.67. The number of benzene rings is 1. The molecule has 150 valence electrons. The van der Waals surface area contributed by atoms with Crippen LogP contribution in [0.4, 0.5) is 5.82 Å². The second-order valence-corrected chi connectivity index (χ2v) is 7.65. The number of nitrogens with one attached hydrogen (secondary N) is 1. The van der Waals surface area contributed by atoms with Crippen molar-refractivity contribution in [3.8, 4) is 5.75 Å². The van der Waals surface area contributed by atoms with Gasteiger partial charge in [0.15, 0.2) is 5.82 Å². The number of para-hydroxylation sites is 1. The van der Waals surface area contributed by atoms with Crippen LogP contribution >= 0.6 is 0 Å². The van der Waals surface area contributed by atoms with Crippen molar-refractivity contribution in [3.63, 3.8) is 0 Å². The lowest BCUT2D eigenvalue weighted by atomic mass is 9.77. The maximum absolute atomic E-state index is 13.2. The van der Waals surface area contributed by atoms with Crippen LogP contribution < -0.4 is 15.0 Å². The van der Waals surface area contributed by atoms with E-state index in [1.54, 1.807) is 25.0 Å². The van der Waals surface area contributed by atoms with Gasteiger partial charge in [0, 0.05) is 18.2 Å². The molecule has 0 unspecified atom stereocenters. The Bertz CT molecular complexity index is 1020. The average molecular weight is 395 g/mol. The molecule has 1 spiro atoms. The standard InChI is InChI=1S/C21H21N3O5/c1-12-9-16(23-29-12)24-11-21-8-7-15(28-21)17(18(21)20(24)26)19(25)22-10-13-5-3-4-6-14(13)27-2/h3-9,15,17-18H,10-11H2,1-2H3,(H,22,25)/t15-,17+,18+,21+/m1/s1. The highest BCUT2D eigenvalue weighted by Crippen LogP contribution is 2.52. The number of fused-ring (bicyclic) bond motifs is 1. The van der Waals surface area contributed by atoms with Gasteiger partial charge in [-0.15, -0.1) is 0 Å². The van der Waals surface area contributed by atoms with E-state index in [-0.39, 0.29) is 11.8 Å². The van der Waals surface area contributed by atoms with Gasteiger partial charge < -0.3 is 19.3 Å². The maximum atomic E-state index is 13.2. The molecule has 8 nitrogen and oxygen atoms in total. The molecule has 29 heavy (non-hydrogen) atoms. The Balaban J connectivity index is 1.37. The SMILES string of the molecule is COc1ccccc1CNC(=O)[C@@H]1[C@H]2C(=O)N(c3cc(C)on3)C[C@@]23C=C[C@H]1O3. The van der Waals surface area contributed by atoms with Gasteiger partial charge in [0.25, 0.3) is 0 Å². The van der Waals surface area contributed by atoms with Gasteiger partial charge >= 0.3 is 0 Å². The molecule has 4 heterocycles. The minimum absolute atomic E-state index is 0.164. The third kappa shape index (κ3) is 2.66. The van der Waals surface area contributed by atoms with Crippen LogP contribution in [0.3, 0.4) is 0 Å². The minimum atomic E-state index is -0.791. The van der Waals surface area contributed by atoms with E-state index in [9.17, 15) is 9.59 Å². The third-order valence-electron chi connectivity index (χ3n) is 5.94. The Kier molecular flexibility index (Phi) is 3.99. The molecule has 1 aromatic heterocycles. The predicted molar refractivity (Wildman–Crippen MR) is 102 cm³/mol. The Morgan fingerprint density at radius 3 is 3.00 bits per heavy atom. The quantitative estimate of drug-likeness (QED) is 0.773. The number of amides is 2. The van der Waals surface area contributed by atoms with Gasteiger partial charge in [-0.05, 0) is 13.0 Å². The lowest BCUT2D eigenvalue weighted by Crippen LogP contribution is -2.44. The highest BCUT2D eigenvalue weighted by atomic mass is 16.5. The van der Waals surface area contributed by atoms with Crippen molar-refractivity contribution < 1.29 is 23.6 Å². The Labute approximate surface area is 167 Å². The van der Waals surface area contributed by atoms with Gasteiger partial charge in [-0.3, -0.25) is 14.5 Å². The lowest BCUT2D eigenvalue weighted by molar-refractivity contribution is -0.132. The molecule has 8 heteroatoms. The average Bonchev–Trinajstić information content (AvgIpc) is 3.47. The van der Waals surface area contributed by atoms with Gasteiger partial charge in [-0.2, -0.15) is 0 Å². The fourth-order valence-electron chi connectivity index (χ4n) is 4.62. The molecule has 0 radical (unpaired) electrons. The number of hydrogen-bond donors (Lipinski definition) is 1. The van der Waals surface area contributed by atoms with Gasteiger partial charge in [-0.25, -0.2) is 0 Å². The predicted octanol–water partition coefficient (Wildman–Crippen LogP) is 1.59. The highest BCUT2D eigenvalue weighted by molar-refractivity contribution is 6.02. The van der Waals surface area contributed by atoms with E-state index in [2.05, 4.69) is 10.5 Å². The normalized spacial score (nSPS) is 29.4. The summed E-state index contributed by atoms with van der Waals surface area (Å²) >= 11 is 0. The van der Waals surface area contributed by atoms with Gasteiger partial charge in [0.1, 0.15) is 17.1 Å². The van der Waals surface area contributed by atoms with Crippen LogP contribution in [0.2, 0.25) is 0 Å². The summed E-state index contributed by atoms with van der Waals surface area (Å²) in [6.45, 7) is 2.41. The molecule has 0 saturated carbocycles.